The van der Waals surface area contributed by atoms with Crippen molar-refractivity contribution in [1.29, 1.82) is 0 Å². The summed E-state index contributed by atoms with van der Waals surface area (Å²) in [7, 11) is 0. The van der Waals surface area contributed by atoms with Gasteiger partial charge in [0.1, 0.15) is 6.10 Å². The number of nitrogens with one attached hydrogen (secondary N) is 2. The van der Waals surface area contributed by atoms with Crippen molar-refractivity contribution < 1.29 is 4.74 Å². The lowest BCUT2D eigenvalue weighted by molar-refractivity contribution is 0.0648. The van der Waals surface area contributed by atoms with Crippen LogP contribution in [0.5, 0.6) is 0 Å². The summed E-state index contributed by atoms with van der Waals surface area (Å²) in [6, 6.07) is 0.537. The van der Waals surface area contributed by atoms with Crippen molar-refractivity contribution in [3.8, 4) is 0 Å². The zero-order chi connectivity index (χ0) is 6.81. The summed E-state index contributed by atoms with van der Waals surface area (Å²) in [5, 5.41) is 6.70. The molecule has 0 bridgehead atoms. The van der Waals surface area contributed by atoms with E-state index in [1.807, 2.05) is 0 Å². The summed E-state index contributed by atoms with van der Waals surface area (Å²) in [5.41, 5.74) is 0. The summed E-state index contributed by atoms with van der Waals surface area (Å²) in [6.45, 7) is 3.91. The highest BCUT2D eigenvalue weighted by Crippen LogP contribution is 2.17. The maximum atomic E-state index is 5.47. The molecule has 10 heavy (non-hydrogen) atoms. The molecule has 3 heteroatoms. The summed E-state index contributed by atoms with van der Waals surface area (Å²) < 4.78 is 5.47. The number of ether oxygens (including phenoxy) is 1. The molecule has 0 aliphatic carbocycles. The lowest BCUT2D eigenvalue weighted by Gasteiger charge is -2.35. The van der Waals surface area contributed by atoms with Crippen molar-refractivity contribution in [3.05, 3.63) is 6.10 Å². The van der Waals surface area contributed by atoms with Crippen LogP contribution in [0.1, 0.15) is 6.42 Å². The highest BCUT2D eigenvalue weighted by Gasteiger charge is 2.28. The van der Waals surface area contributed by atoms with Gasteiger partial charge >= 0.3 is 0 Å². The van der Waals surface area contributed by atoms with Gasteiger partial charge in [0.25, 0.3) is 0 Å². The Kier molecular flexibility index (Phi) is 1.88. The predicted octanol–water partition coefficient (Wildman–Crippen LogP) is -0.500. The van der Waals surface area contributed by atoms with Crippen molar-refractivity contribution in [2.75, 3.05) is 26.2 Å². The fraction of sp³-hybridized carbons (Fsp3) is 0.857. The molecule has 2 heterocycles. The summed E-state index contributed by atoms with van der Waals surface area (Å²) >= 11 is 0. The number of rotatable bonds is 0. The van der Waals surface area contributed by atoms with Crippen LogP contribution >= 0.6 is 0 Å². The normalized spacial score (nSPS) is 35.4. The van der Waals surface area contributed by atoms with Gasteiger partial charge in [0, 0.05) is 19.1 Å². The molecule has 2 rings (SSSR count). The Morgan fingerprint density at radius 2 is 2.40 bits per heavy atom. The van der Waals surface area contributed by atoms with E-state index in [4.69, 9.17) is 4.74 Å². The van der Waals surface area contributed by atoms with Crippen LogP contribution in [-0.2, 0) is 4.74 Å². The van der Waals surface area contributed by atoms with Crippen LogP contribution in [-0.4, -0.2) is 32.3 Å². The minimum absolute atomic E-state index is 0.537. The monoisotopic (exact) mass is 141 g/mol. The lowest BCUT2D eigenvalue weighted by atomic mass is 10.0. The molecule has 0 unspecified atom stereocenters. The van der Waals surface area contributed by atoms with Gasteiger partial charge in [-0.3, -0.25) is 0 Å². The molecule has 57 valence electrons. The van der Waals surface area contributed by atoms with Crippen molar-refractivity contribution in [1.82, 2.24) is 10.6 Å². The van der Waals surface area contributed by atoms with Gasteiger partial charge in [-0.2, -0.15) is 0 Å². The van der Waals surface area contributed by atoms with Crippen LogP contribution in [0.3, 0.4) is 0 Å². The second kappa shape index (κ2) is 2.86. The molecule has 0 aromatic carbocycles. The lowest BCUT2D eigenvalue weighted by Crippen LogP contribution is -2.51. The van der Waals surface area contributed by atoms with E-state index >= 15 is 0 Å². The van der Waals surface area contributed by atoms with Gasteiger partial charge in [0.2, 0.25) is 0 Å². The SMILES string of the molecule is C1C[C@H]2NCCO[C]2CN1. The van der Waals surface area contributed by atoms with Gasteiger partial charge < -0.3 is 15.4 Å². The third-order valence-corrected chi connectivity index (χ3v) is 2.08. The van der Waals surface area contributed by atoms with E-state index in [0.29, 0.717) is 6.04 Å². The highest BCUT2D eigenvalue weighted by molar-refractivity contribution is 5.00. The molecule has 3 nitrogen and oxygen atoms in total. The Morgan fingerprint density at radius 1 is 1.40 bits per heavy atom. The topological polar surface area (TPSA) is 33.3 Å². The molecule has 1 radical (unpaired) electrons. The zero-order valence-electron chi connectivity index (χ0n) is 6.02. The number of morpholine rings is 1. The predicted molar refractivity (Wildman–Crippen MR) is 38.5 cm³/mol. The zero-order valence-corrected chi connectivity index (χ0v) is 6.02. The van der Waals surface area contributed by atoms with Crippen LogP contribution in [0.2, 0.25) is 0 Å². The Morgan fingerprint density at radius 3 is 3.30 bits per heavy atom. The Labute approximate surface area is 61.1 Å². The Balaban J connectivity index is 1.93. The maximum absolute atomic E-state index is 5.47. The molecule has 2 aliphatic heterocycles. The first kappa shape index (κ1) is 6.58. The minimum atomic E-state index is 0.537. The molecule has 0 saturated carbocycles. The van der Waals surface area contributed by atoms with E-state index in [1.54, 1.807) is 0 Å². The molecule has 2 saturated heterocycles. The summed E-state index contributed by atoms with van der Waals surface area (Å²) in [5.74, 6) is 0. The molecule has 1 atom stereocenters. The number of piperidine rings is 1. The molecular formula is C7H13N2O. The number of hydrogen-bond acceptors (Lipinski definition) is 3. The van der Waals surface area contributed by atoms with E-state index < -0.39 is 0 Å². The van der Waals surface area contributed by atoms with Crippen LogP contribution < -0.4 is 10.6 Å². The Bertz CT molecular complexity index is 92.2. The average molecular weight is 141 g/mol. The third kappa shape index (κ3) is 1.17. The van der Waals surface area contributed by atoms with Gasteiger partial charge in [-0.1, -0.05) is 0 Å². The Hall–Kier alpha value is -0.120. The molecule has 0 aromatic heterocycles. The molecule has 0 spiro atoms. The number of fused-ring (bicyclic) bond motifs is 1. The average Bonchev–Trinajstić information content (AvgIpc) is 2.05. The second-order valence-corrected chi connectivity index (χ2v) is 2.79. The van der Waals surface area contributed by atoms with Gasteiger partial charge in [-0.05, 0) is 13.0 Å². The molecular weight excluding hydrogens is 128 g/mol. The van der Waals surface area contributed by atoms with Gasteiger partial charge in [0.05, 0.1) is 6.61 Å². The molecule has 0 amide bonds. The smallest absolute Gasteiger partial charge is 0.127 e. The van der Waals surface area contributed by atoms with E-state index in [0.717, 1.165) is 26.2 Å². The molecule has 2 aliphatic rings. The first-order chi connectivity index (χ1) is 4.97. The van der Waals surface area contributed by atoms with Crippen LogP contribution in [0.4, 0.5) is 0 Å². The van der Waals surface area contributed by atoms with Crippen molar-refractivity contribution >= 4 is 0 Å². The van der Waals surface area contributed by atoms with Crippen molar-refractivity contribution in [2.45, 2.75) is 12.5 Å². The molecule has 2 N–H and O–H groups in total. The van der Waals surface area contributed by atoms with E-state index in [9.17, 15) is 0 Å². The largest absolute Gasteiger partial charge is 0.368 e. The van der Waals surface area contributed by atoms with Gasteiger partial charge in [-0.15, -0.1) is 0 Å². The standard InChI is InChI=1S/C7H13N2O/c1-2-8-5-7-6(1)9-3-4-10-7/h6,8-9H,1-5H2/t6-/m1/s1. The quantitative estimate of drug-likeness (QED) is 0.477. The fourth-order valence-electron chi connectivity index (χ4n) is 1.52. The summed E-state index contributed by atoms with van der Waals surface area (Å²) in [6.07, 6.45) is 2.38. The van der Waals surface area contributed by atoms with Crippen LogP contribution in [0.15, 0.2) is 0 Å². The van der Waals surface area contributed by atoms with Gasteiger partial charge in [0.15, 0.2) is 0 Å². The van der Waals surface area contributed by atoms with E-state index in [2.05, 4.69) is 10.6 Å². The van der Waals surface area contributed by atoms with E-state index in [-0.39, 0.29) is 0 Å². The van der Waals surface area contributed by atoms with Crippen molar-refractivity contribution in [2.24, 2.45) is 0 Å². The summed E-state index contributed by atoms with van der Waals surface area (Å²) in [4.78, 5) is 0. The van der Waals surface area contributed by atoms with Crippen molar-refractivity contribution in [3.63, 3.8) is 0 Å². The van der Waals surface area contributed by atoms with E-state index in [1.165, 1.54) is 12.5 Å². The second-order valence-electron chi connectivity index (χ2n) is 2.79. The maximum Gasteiger partial charge on any atom is 0.127 e. The first-order valence-electron chi connectivity index (χ1n) is 3.89. The van der Waals surface area contributed by atoms with Crippen LogP contribution in [0, 0.1) is 6.10 Å². The van der Waals surface area contributed by atoms with Crippen LogP contribution in [0.25, 0.3) is 0 Å². The number of hydrogen-bond donors (Lipinski definition) is 2. The molecule has 0 aromatic rings. The first-order valence-corrected chi connectivity index (χ1v) is 3.89. The van der Waals surface area contributed by atoms with Gasteiger partial charge in [-0.25, -0.2) is 0 Å². The fourth-order valence-corrected chi connectivity index (χ4v) is 1.52. The highest BCUT2D eigenvalue weighted by atomic mass is 16.5. The molecule has 2 fully saturated rings. The minimum Gasteiger partial charge on any atom is -0.368 e. The third-order valence-electron chi connectivity index (χ3n) is 2.08.